The smallest absolute Gasteiger partial charge is 0.356 e. The van der Waals surface area contributed by atoms with Crippen molar-refractivity contribution in [2.75, 3.05) is 12.8 Å². The molecule has 2 aromatic rings. The fraction of sp³-hybridized carbons (Fsp3) is 0.250. The van der Waals surface area contributed by atoms with Crippen molar-refractivity contribution in [1.82, 2.24) is 4.98 Å². The Kier molecular flexibility index (Phi) is 4.42. The number of rotatable bonds is 4. The molecule has 0 atom stereocenters. The quantitative estimate of drug-likeness (QED) is 0.872. The molecule has 2 N–H and O–H groups in total. The maximum atomic E-state index is 11.5. The Morgan fingerprint density at radius 1 is 1.24 bits per heavy atom. The number of hydrogen-bond acceptors (Lipinski definition) is 5. The van der Waals surface area contributed by atoms with Crippen LogP contribution < -0.4 is 10.5 Å². The average molecular weight is 286 g/mol. The summed E-state index contributed by atoms with van der Waals surface area (Å²) < 4.78 is 10.3. The number of benzene rings is 1. The number of carbonyl (C=O) groups excluding carboxylic acids is 1. The summed E-state index contributed by atoms with van der Waals surface area (Å²) in [7, 11) is 1.30. The maximum absolute atomic E-state index is 11.5. The van der Waals surface area contributed by atoms with Gasteiger partial charge in [0.2, 0.25) is 5.88 Å². The third kappa shape index (κ3) is 3.51. The highest BCUT2D eigenvalue weighted by molar-refractivity contribution is 5.87. The van der Waals surface area contributed by atoms with Crippen LogP contribution >= 0.6 is 0 Å². The van der Waals surface area contributed by atoms with Crippen LogP contribution in [0.4, 0.5) is 5.69 Å². The van der Waals surface area contributed by atoms with Gasteiger partial charge in [-0.3, -0.25) is 0 Å². The summed E-state index contributed by atoms with van der Waals surface area (Å²) in [5.74, 6) is 0.678. The Balaban J connectivity index is 2.30. The number of pyridine rings is 1. The number of nitrogens with zero attached hydrogens (tertiary/aromatic N) is 1. The molecule has 21 heavy (non-hydrogen) atoms. The van der Waals surface area contributed by atoms with E-state index in [2.05, 4.69) is 23.6 Å². The molecule has 1 aromatic heterocycles. The predicted molar refractivity (Wildman–Crippen MR) is 80.6 cm³/mol. The number of nitrogen functional groups attached to an aromatic ring is 1. The Labute approximate surface area is 123 Å². The van der Waals surface area contributed by atoms with Crippen molar-refractivity contribution in [3.8, 4) is 11.6 Å². The fourth-order valence-corrected chi connectivity index (χ4v) is 1.80. The van der Waals surface area contributed by atoms with Gasteiger partial charge in [-0.1, -0.05) is 26.0 Å². The van der Waals surface area contributed by atoms with E-state index >= 15 is 0 Å². The number of methoxy groups -OCH3 is 1. The molecular weight excluding hydrogens is 268 g/mol. The predicted octanol–water partition coefficient (Wildman–Crippen LogP) is 3.37. The Morgan fingerprint density at radius 3 is 2.67 bits per heavy atom. The molecule has 5 nitrogen and oxygen atoms in total. The molecule has 1 heterocycles. The molecule has 0 saturated carbocycles. The molecule has 0 aliphatic heterocycles. The zero-order valence-corrected chi connectivity index (χ0v) is 12.3. The van der Waals surface area contributed by atoms with E-state index in [9.17, 15) is 4.79 Å². The second kappa shape index (κ2) is 6.26. The molecule has 0 aliphatic carbocycles. The monoisotopic (exact) mass is 286 g/mol. The van der Waals surface area contributed by atoms with Crippen LogP contribution in [0.3, 0.4) is 0 Å². The first-order valence-electron chi connectivity index (χ1n) is 6.64. The molecule has 0 unspecified atom stereocenters. The first kappa shape index (κ1) is 14.8. The van der Waals surface area contributed by atoms with Gasteiger partial charge in [0.15, 0.2) is 5.69 Å². The summed E-state index contributed by atoms with van der Waals surface area (Å²) in [6.45, 7) is 4.20. The first-order valence-corrected chi connectivity index (χ1v) is 6.64. The van der Waals surface area contributed by atoms with Crippen LogP contribution in [0.15, 0.2) is 36.4 Å². The number of hydrogen-bond donors (Lipinski definition) is 1. The number of nitrogens with two attached hydrogens (primary N) is 1. The Hall–Kier alpha value is -2.56. The summed E-state index contributed by atoms with van der Waals surface area (Å²) in [5, 5.41) is 0. The van der Waals surface area contributed by atoms with Crippen LogP contribution in [-0.2, 0) is 4.74 Å². The Morgan fingerprint density at radius 2 is 2.00 bits per heavy atom. The molecule has 0 aliphatic rings. The standard InChI is InChI=1S/C16H18N2O3/c1-10(2)11-5-4-6-12(9-11)21-15-13(17)7-8-14(18-15)16(19)20-3/h4-10H,17H2,1-3H3. The zero-order valence-electron chi connectivity index (χ0n) is 12.3. The summed E-state index contributed by atoms with van der Waals surface area (Å²) in [6, 6.07) is 10.7. The van der Waals surface area contributed by atoms with Crippen molar-refractivity contribution in [3.05, 3.63) is 47.7 Å². The molecular formula is C16H18N2O3. The van der Waals surface area contributed by atoms with Gasteiger partial charge in [0.1, 0.15) is 5.75 Å². The van der Waals surface area contributed by atoms with Crippen LogP contribution in [0.25, 0.3) is 0 Å². The van der Waals surface area contributed by atoms with Gasteiger partial charge >= 0.3 is 5.97 Å². The second-order valence-electron chi connectivity index (χ2n) is 4.91. The number of anilines is 1. The summed E-state index contributed by atoms with van der Waals surface area (Å²) >= 11 is 0. The first-order chi connectivity index (χ1) is 10.0. The van der Waals surface area contributed by atoms with Gasteiger partial charge in [-0.25, -0.2) is 9.78 Å². The van der Waals surface area contributed by atoms with Gasteiger partial charge in [0.05, 0.1) is 12.8 Å². The number of aromatic nitrogens is 1. The lowest BCUT2D eigenvalue weighted by Crippen LogP contribution is -2.06. The van der Waals surface area contributed by atoms with Crippen LogP contribution in [0.2, 0.25) is 0 Å². The largest absolute Gasteiger partial charge is 0.464 e. The molecule has 1 aromatic carbocycles. The minimum atomic E-state index is -0.532. The second-order valence-corrected chi connectivity index (χ2v) is 4.91. The third-order valence-electron chi connectivity index (χ3n) is 3.02. The minimum absolute atomic E-state index is 0.154. The number of carbonyl (C=O) groups is 1. The van der Waals surface area contributed by atoms with E-state index in [4.69, 9.17) is 10.5 Å². The van der Waals surface area contributed by atoms with Gasteiger partial charge in [0, 0.05) is 0 Å². The highest BCUT2D eigenvalue weighted by Crippen LogP contribution is 2.28. The van der Waals surface area contributed by atoms with Crippen LogP contribution in [0, 0.1) is 0 Å². The van der Waals surface area contributed by atoms with E-state index in [0.29, 0.717) is 17.4 Å². The average Bonchev–Trinajstić information content (AvgIpc) is 2.49. The maximum Gasteiger partial charge on any atom is 0.356 e. The van der Waals surface area contributed by atoms with E-state index < -0.39 is 5.97 Å². The summed E-state index contributed by atoms with van der Waals surface area (Å²) in [6.07, 6.45) is 0. The van der Waals surface area contributed by atoms with E-state index in [0.717, 1.165) is 5.56 Å². The molecule has 0 amide bonds. The van der Waals surface area contributed by atoms with Crippen molar-refractivity contribution >= 4 is 11.7 Å². The molecule has 0 fully saturated rings. The van der Waals surface area contributed by atoms with Crippen molar-refractivity contribution in [2.24, 2.45) is 0 Å². The van der Waals surface area contributed by atoms with E-state index in [1.807, 2.05) is 24.3 Å². The van der Waals surface area contributed by atoms with Crippen molar-refractivity contribution < 1.29 is 14.3 Å². The molecule has 0 saturated heterocycles. The van der Waals surface area contributed by atoms with E-state index in [-0.39, 0.29) is 11.6 Å². The SMILES string of the molecule is COC(=O)c1ccc(N)c(Oc2cccc(C(C)C)c2)n1. The minimum Gasteiger partial charge on any atom is -0.464 e. The Bertz CT molecular complexity index is 654. The van der Waals surface area contributed by atoms with E-state index in [1.54, 1.807) is 6.07 Å². The van der Waals surface area contributed by atoms with Crippen molar-refractivity contribution in [2.45, 2.75) is 19.8 Å². The van der Waals surface area contributed by atoms with E-state index in [1.165, 1.54) is 13.2 Å². The molecule has 0 radical (unpaired) electrons. The molecule has 5 heteroatoms. The summed E-state index contributed by atoms with van der Waals surface area (Å²) in [5.41, 5.74) is 7.50. The lowest BCUT2D eigenvalue weighted by Gasteiger charge is -2.11. The van der Waals surface area contributed by atoms with Gasteiger partial charge in [-0.2, -0.15) is 0 Å². The normalized spacial score (nSPS) is 10.5. The van der Waals surface area contributed by atoms with Gasteiger partial charge in [-0.15, -0.1) is 0 Å². The number of esters is 1. The number of ether oxygens (including phenoxy) is 2. The lowest BCUT2D eigenvalue weighted by atomic mass is 10.0. The van der Waals surface area contributed by atoms with Gasteiger partial charge in [0.25, 0.3) is 0 Å². The highest BCUT2D eigenvalue weighted by Gasteiger charge is 2.12. The zero-order chi connectivity index (χ0) is 15.4. The van der Waals surface area contributed by atoms with Gasteiger partial charge in [-0.05, 0) is 35.7 Å². The van der Waals surface area contributed by atoms with Crippen molar-refractivity contribution in [3.63, 3.8) is 0 Å². The molecule has 110 valence electrons. The summed E-state index contributed by atoms with van der Waals surface area (Å²) in [4.78, 5) is 15.6. The fourth-order valence-electron chi connectivity index (χ4n) is 1.80. The van der Waals surface area contributed by atoms with Crippen LogP contribution in [-0.4, -0.2) is 18.1 Å². The third-order valence-corrected chi connectivity index (χ3v) is 3.02. The van der Waals surface area contributed by atoms with Crippen LogP contribution in [0.5, 0.6) is 11.6 Å². The van der Waals surface area contributed by atoms with Crippen molar-refractivity contribution in [1.29, 1.82) is 0 Å². The van der Waals surface area contributed by atoms with Gasteiger partial charge < -0.3 is 15.2 Å². The highest BCUT2D eigenvalue weighted by atomic mass is 16.5. The molecule has 2 rings (SSSR count). The topological polar surface area (TPSA) is 74.4 Å². The lowest BCUT2D eigenvalue weighted by molar-refractivity contribution is 0.0593. The molecule has 0 spiro atoms. The van der Waals surface area contributed by atoms with Crippen LogP contribution in [0.1, 0.15) is 35.8 Å². The molecule has 0 bridgehead atoms.